The fourth-order valence-electron chi connectivity index (χ4n) is 3.03. The van der Waals surface area contributed by atoms with Crippen LogP contribution in [0.4, 0.5) is 0 Å². The summed E-state index contributed by atoms with van der Waals surface area (Å²) in [6.45, 7) is 6.60. The summed E-state index contributed by atoms with van der Waals surface area (Å²) in [6, 6.07) is 7.70. The van der Waals surface area contributed by atoms with Crippen molar-refractivity contribution < 1.29 is 9.59 Å². The molecule has 24 heavy (non-hydrogen) atoms. The molecule has 3 N–H and O–H groups in total. The highest BCUT2D eigenvalue weighted by Crippen LogP contribution is 2.33. The molecular weight excluding hydrogens is 326 g/mol. The van der Waals surface area contributed by atoms with Crippen molar-refractivity contribution >= 4 is 24.2 Å². The monoisotopic (exact) mass is 353 g/mol. The number of benzene rings is 1. The Morgan fingerprint density at radius 1 is 1.33 bits per heavy atom. The number of carbonyl (C=O) groups excluding carboxylic acids is 2. The van der Waals surface area contributed by atoms with E-state index in [1.54, 1.807) is 0 Å². The summed E-state index contributed by atoms with van der Waals surface area (Å²) in [5.74, 6) is -0.253. The van der Waals surface area contributed by atoms with Crippen molar-refractivity contribution in [3.05, 3.63) is 35.4 Å². The molecule has 0 aliphatic carbocycles. The second kappa shape index (κ2) is 9.04. The number of rotatable bonds is 5. The van der Waals surface area contributed by atoms with E-state index in [-0.39, 0.29) is 42.7 Å². The molecule has 2 rings (SSSR count). The molecule has 1 saturated heterocycles. The van der Waals surface area contributed by atoms with E-state index in [0.29, 0.717) is 0 Å². The van der Waals surface area contributed by atoms with Gasteiger partial charge in [-0.3, -0.25) is 9.59 Å². The molecule has 1 aliphatic rings. The largest absolute Gasteiger partial charge is 0.346 e. The Hall–Kier alpha value is -1.59. The van der Waals surface area contributed by atoms with E-state index in [2.05, 4.69) is 24.4 Å². The summed E-state index contributed by atoms with van der Waals surface area (Å²) in [4.78, 5) is 26.3. The normalized spacial score (nSPS) is 18.2. The highest BCUT2D eigenvalue weighted by molar-refractivity contribution is 5.87. The molecule has 6 heteroatoms. The number of aryl methyl sites for hydroxylation is 1. The summed E-state index contributed by atoms with van der Waals surface area (Å²) in [5, 5.41) is 2.67. The lowest BCUT2D eigenvalue weighted by atomic mass is 9.99. The molecule has 0 radical (unpaired) electrons. The molecule has 2 atom stereocenters. The molecule has 2 amide bonds. The molecule has 0 aromatic heterocycles. The molecule has 1 aromatic rings. The molecule has 5 nitrogen and oxygen atoms in total. The van der Waals surface area contributed by atoms with E-state index < -0.39 is 6.04 Å². The molecule has 1 unspecified atom stereocenters. The first-order chi connectivity index (χ1) is 10.9. The summed E-state index contributed by atoms with van der Waals surface area (Å²) in [6.07, 6.45) is 1.96. The summed E-state index contributed by atoms with van der Waals surface area (Å²) in [7, 11) is 0. The van der Waals surface area contributed by atoms with Gasteiger partial charge in [-0.1, -0.05) is 38.1 Å². The number of amides is 2. The van der Waals surface area contributed by atoms with Crippen LogP contribution in [0.15, 0.2) is 24.3 Å². The highest BCUT2D eigenvalue weighted by atomic mass is 35.5. The molecule has 0 spiro atoms. The van der Waals surface area contributed by atoms with E-state index in [1.807, 2.05) is 30.9 Å². The van der Waals surface area contributed by atoms with Gasteiger partial charge in [-0.15, -0.1) is 12.4 Å². The molecule has 1 aromatic carbocycles. The van der Waals surface area contributed by atoms with Crippen LogP contribution in [0.1, 0.15) is 43.9 Å². The van der Waals surface area contributed by atoms with Crippen molar-refractivity contribution in [3.63, 3.8) is 0 Å². The van der Waals surface area contributed by atoms with Gasteiger partial charge in [0.25, 0.3) is 0 Å². The Balaban J connectivity index is 0.00000288. The number of carbonyl (C=O) groups is 2. The van der Waals surface area contributed by atoms with Gasteiger partial charge in [-0.05, 0) is 36.8 Å². The van der Waals surface area contributed by atoms with Crippen LogP contribution in [0.2, 0.25) is 0 Å². The number of nitrogens with zero attached hydrogens (tertiary/aromatic N) is 1. The predicted molar refractivity (Wildman–Crippen MR) is 97.9 cm³/mol. The maximum atomic E-state index is 12.5. The maximum Gasteiger partial charge on any atom is 0.242 e. The van der Waals surface area contributed by atoms with E-state index in [1.165, 1.54) is 11.1 Å². The Morgan fingerprint density at radius 3 is 2.62 bits per heavy atom. The van der Waals surface area contributed by atoms with Crippen molar-refractivity contribution in [2.75, 3.05) is 13.1 Å². The standard InChI is InChI=1S/C18H27N3O2.ClH/c1-12(2)17(19)18(23)20-11-16(22)21-10-6-9-15(21)14-8-5-4-7-13(14)3;/h4-5,7-8,12,15,17H,6,9-11,19H2,1-3H3,(H,20,23);1H/t15?,17-;/m0./s1. The van der Waals surface area contributed by atoms with Crippen molar-refractivity contribution in [2.45, 2.75) is 45.7 Å². The van der Waals surface area contributed by atoms with Gasteiger partial charge in [0.2, 0.25) is 11.8 Å². The first kappa shape index (κ1) is 20.5. The van der Waals surface area contributed by atoms with E-state index in [9.17, 15) is 9.59 Å². The van der Waals surface area contributed by atoms with Crippen LogP contribution >= 0.6 is 12.4 Å². The van der Waals surface area contributed by atoms with Gasteiger partial charge >= 0.3 is 0 Å². The van der Waals surface area contributed by atoms with Crippen molar-refractivity contribution in [2.24, 2.45) is 11.7 Å². The van der Waals surface area contributed by atoms with Crippen LogP contribution in [-0.4, -0.2) is 35.8 Å². The van der Waals surface area contributed by atoms with Crippen LogP contribution in [0.3, 0.4) is 0 Å². The smallest absolute Gasteiger partial charge is 0.242 e. The molecule has 1 aliphatic heterocycles. The van der Waals surface area contributed by atoms with Crippen molar-refractivity contribution in [1.82, 2.24) is 10.2 Å². The Morgan fingerprint density at radius 2 is 2.00 bits per heavy atom. The quantitative estimate of drug-likeness (QED) is 0.851. The lowest BCUT2D eigenvalue weighted by molar-refractivity contribution is -0.134. The number of nitrogens with one attached hydrogen (secondary N) is 1. The average Bonchev–Trinajstić information content (AvgIpc) is 3.01. The Labute approximate surface area is 150 Å². The maximum absolute atomic E-state index is 12.5. The van der Waals surface area contributed by atoms with Gasteiger partial charge in [0.05, 0.1) is 18.6 Å². The van der Waals surface area contributed by atoms with Gasteiger partial charge in [0.1, 0.15) is 0 Å². The van der Waals surface area contributed by atoms with Gasteiger partial charge in [-0.25, -0.2) is 0 Å². The Kier molecular flexibility index (Phi) is 7.70. The summed E-state index contributed by atoms with van der Waals surface area (Å²) >= 11 is 0. The second-order valence-corrected chi connectivity index (χ2v) is 6.59. The van der Waals surface area contributed by atoms with Crippen LogP contribution < -0.4 is 11.1 Å². The SMILES string of the molecule is Cc1ccccc1C1CCCN1C(=O)CNC(=O)[C@@H](N)C(C)C.Cl. The zero-order chi connectivity index (χ0) is 17.0. The minimum atomic E-state index is -0.575. The van der Waals surface area contributed by atoms with Gasteiger partial charge in [-0.2, -0.15) is 0 Å². The van der Waals surface area contributed by atoms with Crippen LogP contribution in [0, 0.1) is 12.8 Å². The van der Waals surface area contributed by atoms with Crippen LogP contribution in [0.5, 0.6) is 0 Å². The first-order valence-electron chi connectivity index (χ1n) is 8.30. The lowest BCUT2D eigenvalue weighted by Gasteiger charge is -2.27. The van der Waals surface area contributed by atoms with E-state index in [4.69, 9.17) is 5.73 Å². The zero-order valence-electron chi connectivity index (χ0n) is 14.6. The molecule has 1 fully saturated rings. The number of hydrogen-bond donors (Lipinski definition) is 2. The topological polar surface area (TPSA) is 75.4 Å². The van der Waals surface area contributed by atoms with Crippen molar-refractivity contribution in [3.8, 4) is 0 Å². The average molecular weight is 354 g/mol. The molecular formula is C18H28ClN3O2. The minimum absolute atomic E-state index is 0. The van der Waals surface area contributed by atoms with Crippen molar-refractivity contribution in [1.29, 1.82) is 0 Å². The zero-order valence-corrected chi connectivity index (χ0v) is 15.4. The third kappa shape index (κ3) is 4.71. The lowest BCUT2D eigenvalue weighted by Crippen LogP contribution is -2.47. The molecule has 0 bridgehead atoms. The molecule has 0 saturated carbocycles. The number of halogens is 1. The van der Waals surface area contributed by atoms with E-state index in [0.717, 1.165) is 19.4 Å². The third-order valence-electron chi connectivity index (χ3n) is 4.56. The van der Waals surface area contributed by atoms with Crippen LogP contribution in [0.25, 0.3) is 0 Å². The number of likely N-dealkylation sites (tertiary alicyclic amines) is 1. The fraction of sp³-hybridized carbons (Fsp3) is 0.556. The first-order valence-corrected chi connectivity index (χ1v) is 8.30. The summed E-state index contributed by atoms with van der Waals surface area (Å²) < 4.78 is 0. The highest BCUT2D eigenvalue weighted by Gasteiger charge is 2.31. The summed E-state index contributed by atoms with van der Waals surface area (Å²) in [5.41, 5.74) is 8.20. The second-order valence-electron chi connectivity index (χ2n) is 6.59. The minimum Gasteiger partial charge on any atom is -0.346 e. The molecule has 134 valence electrons. The fourth-order valence-corrected chi connectivity index (χ4v) is 3.03. The predicted octanol–water partition coefficient (Wildman–Crippen LogP) is 2.18. The van der Waals surface area contributed by atoms with Gasteiger partial charge in [0, 0.05) is 6.54 Å². The van der Waals surface area contributed by atoms with Gasteiger partial charge < -0.3 is 16.0 Å². The molecule has 1 heterocycles. The van der Waals surface area contributed by atoms with E-state index >= 15 is 0 Å². The van der Waals surface area contributed by atoms with Gasteiger partial charge in [0.15, 0.2) is 0 Å². The Bertz CT molecular complexity index is 577. The van der Waals surface area contributed by atoms with Crippen LogP contribution in [-0.2, 0) is 9.59 Å². The number of nitrogens with two attached hydrogens (primary N) is 1. The third-order valence-corrected chi connectivity index (χ3v) is 4.56. The number of hydrogen-bond acceptors (Lipinski definition) is 3.